The van der Waals surface area contributed by atoms with Gasteiger partial charge in [-0.3, -0.25) is 14.5 Å². The number of H-pyrrole nitrogens is 1. The summed E-state index contributed by atoms with van der Waals surface area (Å²) < 4.78 is 12.0. The van der Waals surface area contributed by atoms with E-state index < -0.39 is 5.60 Å². The highest BCUT2D eigenvalue weighted by Gasteiger charge is 2.43. The number of rotatable bonds is 5. The molecule has 1 unspecified atom stereocenters. The number of nitrogens with zero attached hydrogens (tertiary/aromatic N) is 2. The lowest BCUT2D eigenvalue weighted by molar-refractivity contribution is -0.161. The highest BCUT2D eigenvalue weighted by Crippen LogP contribution is 2.25. The number of nitrogens with one attached hydrogen (secondary N) is 3. The van der Waals surface area contributed by atoms with Crippen molar-refractivity contribution in [1.29, 1.82) is 0 Å². The summed E-state index contributed by atoms with van der Waals surface area (Å²) in [5, 5.41) is 5.95. The van der Waals surface area contributed by atoms with Crippen molar-refractivity contribution in [3.05, 3.63) is 72.1 Å². The van der Waals surface area contributed by atoms with E-state index in [2.05, 4.69) is 20.6 Å². The van der Waals surface area contributed by atoms with Gasteiger partial charge < -0.3 is 25.1 Å². The second kappa shape index (κ2) is 11.6. The van der Waals surface area contributed by atoms with Crippen molar-refractivity contribution in [2.75, 3.05) is 45.9 Å². The molecule has 37 heavy (non-hydrogen) atoms. The molecule has 0 bridgehead atoms. The molecule has 3 aromatic rings. The van der Waals surface area contributed by atoms with E-state index in [1.165, 1.54) is 0 Å². The number of morpholine rings is 1. The number of aromatic nitrogens is 2. The standard InChI is InChI=1S/C28H33N5O4/c34-26(29-14-12-25-31-22-9-2-3-10-23(22)32-25)19-33-16-18-37-28(20-33)13-6-5-8-21-7-1-4-11-24(21)36-17-15-30-27(28)35/h1-7,9-11H,8,12-20H2,(H,29,34)(H,30,35)(H,31,32)/b6-5+. The number of aromatic amines is 1. The van der Waals surface area contributed by atoms with E-state index in [-0.39, 0.29) is 18.4 Å². The van der Waals surface area contributed by atoms with Crippen LogP contribution in [0.1, 0.15) is 17.8 Å². The number of allylic oxidation sites excluding steroid dienone is 1. The highest BCUT2D eigenvalue weighted by atomic mass is 16.5. The summed E-state index contributed by atoms with van der Waals surface area (Å²) in [4.78, 5) is 35.7. The largest absolute Gasteiger partial charge is 0.491 e. The molecule has 9 nitrogen and oxygen atoms in total. The van der Waals surface area contributed by atoms with Gasteiger partial charge in [-0.25, -0.2) is 4.98 Å². The van der Waals surface area contributed by atoms with Crippen LogP contribution in [-0.4, -0.2) is 78.2 Å². The van der Waals surface area contributed by atoms with Crippen molar-refractivity contribution in [2.45, 2.75) is 24.9 Å². The minimum absolute atomic E-state index is 0.0812. The summed E-state index contributed by atoms with van der Waals surface area (Å²) in [7, 11) is 0. The number of benzene rings is 2. The Hall–Kier alpha value is -3.69. The number of imidazole rings is 1. The summed E-state index contributed by atoms with van der Waals surface area (Å²) in [6.45, 7) is 2.76. The third-order valence-corrected chi connectivity index (χ3v) is 6.74. The quantitative estimate of drug-likeness (QED) is 0.460. The van der Waals surface area contributed by atoms with Crippen molar-refractivity contribution in [3.8, 4) is 5.75 Å². The van der Waals surface area contributed by atoms with Gasteiger partial charge in [-0.1, -0.05) is 42.5 Å². The van der Waals surface area contributed by atoms with Crippen LogP contribution in [0.5, 0.6) is 5.75 Å². The Bertz CT molecular complexity index is 1240. The minimum atomic E-state index is -1.04. The van der Waals surface area contributed by atoms with E-state index in [4.69, 9.17) is 9.47 Å². The zero-order valence-corrected chi connectivity index (χ0v) is 20.9. The van der Waals surface area contributed by atoms with Crippen molar-refractivity contribution in [2.24, 2.45) is 0 Å². The molecule has 0 aliphatic carbocycles. The van der Waals surface area contributed by atoms with Crippen LogP contribution in [0.25, 0.3) is 11.0 Å². The third-order valence-electron chi connectivity index (χ3n) is 6.74. The zero-order valence-electron chi connectivity index (χ0n) is 20.9. The first-order valence-corrected chi connectivity index (χ1v) is 12.8. The molecule has 5 rings (SSSR count). The molecule has 9 heteroatoms. The zero-order chi connectivity index (χ0) is 25.5. The Labute approximate surface area is 216 Å². The number of carbonyl (C=O) groups excluding carboxylic acids is 2. The van der Waals surface area contributed by atoms with Crippen LogP contribution in [0, 0.1) is 0 Å². The lowest BCUT2D eigenvalue weighted by atomic mass is 9.94. The van der Waals surface area contributed by atoms with Gasteiger partial charge in [0.1, 0.15) is 18.2 Å². The fraction of sp³-hybridized carbons (Fsp3) is 0.393. The lowest BCUT2D eigenvalue weighted by Crippen LogP contribution is -2.61. The van der Waals surface area contributed by atoms with Crippen LogP contribution in [0.3, 0.4) is 0 Å². The maximum absolute atomic E-state index is 13.2. The first kappa shape index (κ1) is 25.0. The molecule has 3 N–H and O–H groups in total. The van der Waals surface area contributed by atoms with Gasteiger partial charge in [0.15, 0.2) is 5.60 Å². The molecule has 1 aromatic heterocycles. The molecule has 1 spiro atoms. The smallest absolute Gasteiger partial charge is 0.254 e. The molecule has 0 radical (unpaired) electrons. The molecule has 1 saturated heterocycles. The number of hydrogen-bond donors (Lipinski definition) is 3. The number of hydrogen-bond acceptors (Lipinski definition) is 6. The molecule has 2 aromatic carbocycles. The summed E-state index contributed by atoms with van der Waals surface area (Å²) in [5.41, 5.74) is 1.97. The predicted octanol–water partition coefficient (Wildman–Crippen LogP) is 1.99. The van der Waals surface area contributed by atoms with E-state index in [1.54, 1.807) is 0 Å². The molecule has 2 aliphatic heterocycles. The van der Waals surface area contributed by atoms with Gasteiger partial charge in [0.05, 0.1) is 30.7 Å². The van der Waals surface area contributed by atoms with Gasteiger partial charge in [-0.2, -0.15) is 0 Å². The van der Waals surface area contributed by atoms with Crippen molar-refractivity contribution >= 4 is 22.8 Å². The number of amides is 2. The highest BCUT2D eigenvalue weighted by molar-refractivity contribution is 5.86. The van der Waals surface area contributed by atoms with Crippen LogP contribution < -0.4 is 15.4 Å². The predicted molar refractivity (Wildman–Crippen MR) is 140 cm³/mol. The molecular weight excluding hydrogens is 470 g/mol. The second-order valence-electron chi connectivity index (χ2n) is 9.45. The Kier molecular flexibility index (Phi) is 7.82. The fourth-order valence-corrected chi connectivity index (χ4v) is 4.83. The first-order valence-electron chi connectivity index (χ1n) is 12.8. The SMILES string of the molecule is O=C(CN1CCOC2(C/C=C/Cc3ccccc3OCCNC2=O)C1)NCCc1nc2ccccc2[nH]1. The number of ether oxygens (including phenoxy) is 2. The van der Waals surface area contributed by atoms with Crippen LogP contribution in [-0.2, 0) is 27.2 Å². The molecule has 2 amide bonds. The fourth-order valence-electron chi connectivity index (χ4n) is 4.83. The topological polar surface area (TPSA) is 109 Å². The molecule has 0 saturated carbocycles. The van der Waals surface area contributed by atoms with Gasteiger partial charge in [0.25, 0.3) is 5.91 Å². The van der Waals surface area contributed by atoms with E-state index in [9.17, 15) is 9.59 Å². The molecule has 3 heterocycles. The Morgan fingerprint density at radius 2 is 1.97 bits per heavy atom. The van der Waals surface area contributed by atoms with Crippen molar-refractivity contribution in [1.82, 2.24) is 25.5 Å². The van der Waals surface area contributed by atoms with Gasteiger partial charge in [-0.15, -0.1) is 0 Å². The van der Waals surface area contributed by atoms with E-state index in [0.29, 0.717) is 58.7 Å². The average molecular weight is 504 g/mol. The first-order chi connectivity index (χ1) is 18.1. The average Bonchev–Trinajstić information content (AvgIpc) is 3.32. The van der Waals surface area contributed by atoms with Gasteiger partial charge in [0.2, 0.25) is 5.91 Å². The van der Waals surface area contributed by atoms with Crippen LogP contribution >= 0.6 is 0 Å². The molecular formula is C28H33N5O4. The second-order valence-corrected chi connectivity index (χ2v) is 9.45. The lowest BCUT2D eigenvalue weighted by Gasteiger charge is -2.41. The van der Waals surface area contributed by atoms with E-state index in [0.717, 1.165) is 28.2 Å². The van der Waals surface area contributed by atoms with Gasteiger partial charge in [0, 0.05) is 32.5 Å². The summed E-state index contributed by atoms with van der Waals surface area (Å²) in [5.74, 6) is 1.42. The maximum atomic E-state index is 13.2. The number of para-hydroxylation sites is 3. The van der Waals surface area contributed by atoms with Crippen LogP contribution in [0.4, 0.5) is 0 Å². The summed E-state index contributed by atoms with van der Waals surface area (Å²) in [6.07, 6.45) is 5.81. The monoisotopic (exact) mass is 503 g/mol. The van der Waals surface area contributed by atoms with E-state index in [1.807, 2.05) is 65.6 Å². The third kappa shape index (κ3) is 6.18. The van der Waals surface area contributed by atoms with Crippen LogP contribution in [0.15, 0.2) is 60.7 Å². The van der Waals surface area contributed by atoms with Crippen LogP contribution in [0.2, 0.25) is 0 Å². The molecule has 194 valence electrons. The van der Waals surface area contributed by atoms with Gasteiger partial charge >= 0.3 is 0 Å². The summed E-state index contributed by atoms with van der Waals surface area (Å²) >= 11 is 0. The van der Waals surface area contributed by atoms with Gasteiger partial charge in [-0.05, 0) is 30.2 Å². The Balaban J connectivity index is 1.17. The number of fused-ring (bicyclic) bond motifs is 2. The molecule has 1 fully saturated rings. The van der Waals surface area contributed by atoms with Crippen molar-refractivity contribution < 1.29 is 19.1 Å². The summed E-state index contributed by atoms with van der Waals surface area (Å²) in [6, 6.07) is 15.8. The normalized spacial score (nSPS) is 21.8. The minimum Gasteiger partial charge on any atom is -0.491 e. The maximum Gasteiger partial charge on any atom is 0.254 e. The molecule has 2 aliphatic rings. The van der Waals surface area contributed by atoms with E-state index >= 15 is 0 Å². The van der Waals surface area contributed by atoms with Crippen molar-refractivity contribution in [3.63, 3.8) is 0 Å². The number of carbonyl (C=O) groups is 2. The Morgan fingerprint density at radius 3 is 2.89 bits per heavy atom. The molecule has 1 atom stereocenters. The Morgan fingerprint density at radius 1 is 1.11 bits per heavy atom.